The van der Waals surface area contributed by atoms with E-state index in [1.165, 1.54) is 5.56 Å². The lowest BCUT2D eigenvalue weighted by Crippen LogP contribution is -2.21. The molecule has 86 valence electrons. The molecule has 0 aromatic heterocycles. The Bertz CT molecular complexity index is 352. The first kappa shape index (κ1) is 12.6. The molecule has 0 aliphatic heterocycles. The van der Waals surface area contributed by atoms with Gasteiger partial charge in [-0.15, -0.1) is 12.3 Å². The third-order valence-corrected chi connectivity index (χ3v) is 2.13. The van der Waals surface area contributed by atoms with Crippen molar-refractivity contribution in [3.63, 3.8) is 0 Å². The van der Waals surface area contributed by atoms with Crippen LogP contribution in [0.2, 0.25) is 0 Å². The molecule has 0 aliphatic rings. The van der Waals surface area contributed by atoms with E-state index in [1.54, 1.807) is 0 Å². The fourth-order valence-electron chi connectivity index (χ4n) is 1.30. The Balaban J connectivity index is 2.47. The number of benzene rings is 1. The molecule has 0 atom stereocenters. The van der Waals surface area contributed by atoms with Gasteiger partial charge in [0.25, 0.3) is 0 Å². The summed E-state index contributed by atoms with van der Waals surface area (Å²) in [4.78, 5) is 0. The normalized spacial score (nSPS) is 10.1. The SMILES string of the molecule is C#CCCOc1cccc(CNC(C)C)c1. The van der Waals surface area contributed by atoms with Gasteiger partial charge in [-0.05, 0) is 17.7 Å². The molecule has 0 radical (unpaired) electrons. The highest BCUT2D eigenvalue weighted by atomic mass is 16.5. The highest BCUT2D eigenvalue weighted by Gasteiger charge is 1.98. The molecule has 16 heavy (non-hydrogen) atoms. The van der Waals surface area contributed by atoms with E-state index in [4.69, 9.17) is 11.2 Å². The van der Waals surface area contributed by atoms with Crippen molar-refractivity contribution in [2.24, 2.45) is 0 Å². The smallest absolute Gasteiger partial charge is 0.119 e. The van der Waals surface area contributed by atoms with Gasteiger partial charge >= 0.3 is 0 Å². The number of ether oxygens (including phenoxy) is 1. The second kappa shape index (κ2) is 6.92. The summed E-state index contributed by atoms with van der Waals surface area (Å²) in [6.07, 6.45) is 5.81. The number of terminal acetylenes is 1. The molecule has 0 spiro atoms. The average molecular weight is 217 g/mol. The molecule has 1 rings (SSSR count). The minimum Gasteiger partial charge on any atom is -0.493 e. The largest absolute Gasteiger partial charge is 0.493 e. The van der Waals surface area contributed by atoms with E-state index < -0.39 is 0 Å². The van der Waals surface area contributed by atoms with Crippen LogP contribution in [0.15, 0.2) is 24.3 Å². The molecular formula is C14H19NO. The molecule has 1 aromatic rings. The first-order valence-electron chi connectivity index (χ1n) is 5.61. The van der Waals surface area contributed by atoms with E-state index >= 15 is 0 Å². The van der Waals surface area contributed by atoms with Crippen LogP contribution in [0.4, 0.5) is 0 Å². The summed E-state index contributed by atoms with van der Waals surface area (Å²) in [6, 6.07) is 8.58. The zero-order valence-electron chi connectivity index (χ0n) is 9.99. The maximum atomic E-state index is 5.52. The van der Waals surface area contributed by atoms with Gasteiger partial charge in [-0.25, -0.2) is 0 Å². The molecule has 0 saturated heterocycles. The first-order valence-corrected chi connectivity index (χ1v) is 5.61. The summed E-state index contributed by atoms with van der Waals surface area (Å²) < 4.78 is 5.52. The molecule has 0 saturated carbocycles. The van der Waals surface area contributed by atoms with Crippen LogP contribution in [0.1, 0.15) is 25.8 Å². The van der Waals surface area contributed by atoms with Crippen molar-refractivity contribution in [1.82, 2.24) is 5.32 Å². The molecule has 0 amide bonds. The molecule has 1 N–H and O–H groups in total. The van der Waals surface area contributed by atoms with Gasteiger partial charge < -0.3 is 10.1 Å². The molecule has 0 unspecified atom stereocenters. The van der Waals surface area contributed by atoms with Crippen LogP contribution in [0.5, 0.6) is 5.75 Å². The number of rotatable bonds is 6. The van der Waals surface area contributed by atoms with Gasteiger partial charge in [0.15, 0.2) is 0 Å². The fourth-order valence-corrected chi connectivity index (χ4v) is 1.30. The Morgan fingerprint density at radius 2 is 2.25 bits per heavy atom. The van der Waals surface area contributed by atoms with Crippen LogP contribution < -0.4 is 10.1 Å². The Hall–Kier alpha value is -1.46. The zero-order chi connectivity index (χ0) is 11.8. The number of hydrogen-bond donors (Lipinski definition) is 1. The topological polar surface area (TPSA) is 21.3 Å². The summed E-state index contributed by atoms with van der Waals surface area (Å²) in [5.74, 6) is 3.44. The van der Waals surface area contributed by atoms with Crippen LogP contribution in [-0.4, -0.2) is 12.6 Å². The highest BCUT2D eigenvalue weighted by molar-refractivity contribution is 5.28. The Labute approximate surface area is 98.0 Å². The van der Waals surface area contributed by atoms with Gasteiger partial charge in [-0.3, -0.25) is 0 Å². The van der Waals surface area contributed by atoms with E-state index in [0.717, 1.165) is 12.3 Å². The molecule has 0 heterocycles. The summed E-state index contributed by atoms with van der Waals surface area (Å²) in [6.45, 7) is 5.71. The van der Waals surface area contributed by atoms with Crippen LogP contribution >= 0.6 is 0 Å². The molecule has 0 fully saturated rings. The summed E-state index contributed by atoms with van der Waals surface area (Å²) in [5.41, 5.74) is 1.23. The standard InChI is InChI=1S/C14H19NO/c1-4-5-9-16-14-8-6-7-13(10-14)11-15-12(2)3/h1,6-8,10,12,15H,5,9,11H2,2-3H3. The van der Waals surface area contributed by atoms with Crippen LogP contribution in [-0.2, 0) is 6.54 Å². The molecule has 2 nitrogen and oxygen atoms in total. The number of nitrogens with one attached hydrogen (secondary N) is 1. The van der Waals surface area contributed by atoms with Crippen molar-refractivity contribution in [1.29, 1.82) is 0 Å². The van der Waals surface area contributed by atoms with E-state index in [-0.39, 0.29) is 0 Å². The fraction of sp³-hybridized carbons (Fsp3) is 0.429. The highest BCUT2D eigenvalue weighted by Crippen LogP contribution is 2.13. The lowest BCUT2D eigenvalue weighted by atomic mass is 10.2. The molecule has 0 aliphatic carbocycles. The van der Waals surface area contributed by atoms with Crippen LogP contribution in [0.3, 0.4) is 0 Å². The van der Waals surface area contributed by atoms with Gasteiger partial charge in [0.05, 0.1) is 6.61 Å². The van der Waals surface area contributed by atoms with Crippen molar-refractivity contribution in [3.05, 3.63) is 29.8 Å². The van der Waals surface area contributed by atoms with Crippen molar-refractivity contribution in [2.45, 2.75) is 32.9 Å². The van der Waals surface area contributed by atoms with Crippen LogP contribution in [0.25, 0.3) is 0 Å². The molecule has 2 heteroatoms. The predicted molar refractivity (Wildman–Crippen MR) is 67.4 cm³/mol. The monoisotopic (exact) mass is 217 g/mol. The minimum absolute atomic E-state index is 0.492. The lowest BCUT2D eigenvalue weighted by molar-refractivity contribution is 0.327. The van der Waals surface area contributed by atoms with Gasteiger partial charge in [0.1, 0.15) is 5.75 Å². The van der Waals surface area contributed by atoms with Crippen molar-refractivity contribution < 1.29 is 4.74 Å². The zero-order valence-corrected chi connectivity index (χ0v) is 9.99. The first-order chi connectivity index (χ1) is 7.72. The number of hydrogen-bond acceptors (Lipinski definition) is 2. The minimum atomic E-state index is 0.492. The second-order valence-electron chi connectivity index (χ2n) is 3.99. The van der Waals surface area contributed by atoms with E-state index in [1.807, 2.05) is 18.2 Å². The van der Waals surface area contributed by atoms with Crippen molar-refractivity contribution >= 4 is 0 Å². The Morgan fingerprint density at radius 1 is 1.44 bits per heavy atom. The maximum absolute atomic E-state index is 5.52. The Morgan fingerprint density at radius 3 is 2.94 bits per heavy atom. The molecule has 1 aromatic carbocycles. The van der Waals surface area contributed by atoms with Crippen molar-refractivity contribution in [3.8, 4) is 18.1 Å². The summed E-state index contributed by atoms with van der Waals surface area (Å²) in [7, 11) is 0. The lowest BCUT2D eigenvalue weighted by Gasteiger charge is -2.09. The third-order valence-electron chi connectivity index (χ3n) is 2.13. The van der Waals surface area contributed by atoms with Gasteiger partial charge in [-0.1, -0.05) is 26.0 Å². The quantitative estimate of drug-likeness (QED) is 0.584. The van der Waals surface area contributed by atoms with Gasteiger partial charge in [-0.2, -0.15) is 0 Å². The third kappa shape index (κ3) is 4.86. The van der Waals surface area contributed by atoms with E-state index in [0.29, 0.717) is 19.1 Å². The molecular weight excluding hydrogens is 198 g/mol. The predicted octanol–water partition coefficient (Wildman–Crippen LogP) is 2.59. The summed E-state index contributed by atoms with van der Waals surface area (Å²) >= 11 is 0. The average Bonchev–Trinajstić information content (AvgIpc) is 2.27. The van der Waals surface area contributed by atoms with Crippen molar-refractivity contribution in [2.75, 3.05) is 6.61 Å². The van der Waals surface area contributed by atoms with Crippen LogP contribution in [0, 0.1) is 12.3 Å². The van der Waals surface area contributed by atoms with Gasteiger partial charge in [0, 0.05) is 19.0 Å². The maximum Gasteiger partial charge on any atom is 0.119 e. The summed E-state index contributed by atoms with van der Waals surface area (Å²) in [5, 5.41) is 3.37. The Kier molecular flexibility index (Phi) is 5.45. The van der Waals surface area contributed by atoms with Gasteiger partial charge in [0.2, 0.25) is 0 Å². The van der Waals surface area contributed by atoms with E-state index in [2.05, 4.69) is 31.2 Å². The second-order valence-corrected chi connectivity index (χ2v) is 3.99. The van der Waals surface area contributed by atoms with E-state index in [9.17, 15) is 0 Å². The molecule has 0 bridgehead atoms.